The van der Waals surface area contributed by atoms with Gasteiger partial charge in [-0.3, -0.25) is 0 Å². The van der Waals surface area contributed by atoms with Gasteiger partial charge in [0.15, 0.2) is 14.9 Å². The average molecular weight is 215 g/mol. The van der Waals surface area contributed by atoms with Gasteiger partial charge in [-0.15, -0.1) is 0 Å². The first kappa shape index (κ1) is 11.0. The third-order valence-electron chi connectivity index (χ3n) is 1.95. The molecule has 0 aromatic carbocycles. The summed E-state index contributed by atoms with van der Waals surface area (Å²) in [5, 5.41) is 0.0833. The van der Waals surface area contributed by atoms with Gasteiger partial charge in [0.25, 0.3) is 0 Å². The minimum Gasteiger partial charge on any atom is -0.496 e. The molecule has 0 radical (unpaired) electrons. The molecule has 0 amide bonds. The van der Waals surface area contributed by atoms with E-state index in [9.17, 15) is 8.42 Å². The number of pyridine rings is 1. The van der Waals surface area contributed by atoms with Crippen molar-refractivity contribution in [3.8, 4) is 5.75 Å². The van der Waals surface area contributed by atoms with E-state index in [-0.39, 0.29) is 5.03 Å². The summed E-state index contributed by atoms with van der Waals surface area (Å²) < 4.78 is 27.7. The lowest BCUT2D eigenvalue weighted by Gasteiger charge is -2.10. The zero-order valence-electron chi connectivity index (χ0n) is 8.66. The van der Waals surface area contributed by atoms with Crippen molar-refractivity contribution >= 4 is 9.84 Å². The van der Waals surface area contributed by atoms with E-state index in [2.05, 4.69) is 4.98 Å². The van der Waals surface area contributed by atoms with E-state index >= 15 is 0 Å². The highest BCUT2D eigenvalue weighted by molar-refractivity contribution is 7.90. The standard InChI is InChI=1S/C9H13NO3S/c1-6-5-10-9(14(4,11)12)7(2)8(6)13-3/h5H,1-4H3. The van der Waals surface area contributed by atoms with Gasteiger partial charge in [-0.1, -0.05) is 0 Å². The summed E-state index contributed by atoms with van der Waals surface area (Å²) in [5.41, 5.74) is 1.40. The van der Waals surface area contributed by atoms with Gasteiger partial charge >= 0.3 is 0 Å². The zero-order chi connectivity index (χ0) is 10.9. The number of hydrogen-bond acceptors (Lipinski definition) is 4. The first-order chi connectivity index (χ1) is 6.38. The van der Waals surface area contributed by atoms with Crippen LogP contribution in [0.5, 0.6) is 5.75 Å². The Bertz CT molecular complexity index is 451. The topological polar surface area (TPSA) is 56.3 Å². The number of nitrogens with zero attached hydrogens (tertiary/aromatic N) is 1. The first-order valence-corrected chi connectivity index (χ1v) is 5.97. The molecule has 78 valence electrons. The van der Waals surface area contributed by atoms with Crippen molar-refractivity contribution in [1.82, 2.24) is 4.98 Å². The highest BCUT2D eigenvalue weighted by Gasteiger charge is 2.17. The van der Waals surface area contributed by atoms with E-state index in [1.807, 2.05) is 6.92 Å². The van der Waals surface area contributed by atoms with Crippen LogP contribution in [0.3, 0.4) is 0 Å². The number of sulfone groups is 1. The normalized spacial score (nSPS) is 11.4. The van der Waals surface area contributed by atoms with Crippen molar-refractivity contribution in [3.63, 3.8) is 0 Å². The first-order valence-electron chi connectivity index (χ1n) is 4.08. The van der Waals surface area contributed by atoms with Crippen molar-refractivity contribution in [1.29, 1.82) is 0 Å². The Morgan fingerprint density at radius 1 is 1.36 bits per heavy atom. The van der Waals surface area contributed by atoms with Crippen LogP contribution in [-0.4, -0.2) is 26.8 Å². The molecular weight excluding hydrogens is 202 g/mol. The predicted octanol–water partition coefficient (Wildman–Crippen LogP) is 1.11. The molecule has 0 aliphatic carbocycles. The van der Waals surface area contributed by atoms with Gasteiger partial charge in [-0.2, -0.15) is 0 Å². The number of rotatable bonds is 2. The summed E-state index contributed by atoms with van der Waals surface area (Å²) in [6.45, 7) is 3.51. The third kappa shape index (κ3) is 1.87. The molecule has 0 N–H and O–H groups in total. The van der Waals surface area contributed by atoms with Crippen molar-refractivity contribution in [2.45, 2.75) is 18.9 Å². The van der Waals surface area contributed by atoms with Gasteiger partial charge < -0.3 is 4.74 Å². The van der Waals surface area contributed by atoms with E-state index in [1.165, 1.54) is 13.3 Å². The smallest absolute Gasteiger partial charge is 0.193 e. The maximum absolute atomic E-state index is 11.3. The number of aromatic nitrogens is 1. The minimum absolute atomic E-state index is 0.0833. The predicted molar refractivity (Wildman–Crippen MR) is 53.4 cm³/mol. The van der Waals surface area contributed by atoms with Crippen LogP contribution >= 0.6 is 0 Å². The monoisotopic (exact) mass is 215 g/mol. The van der Waals surface area contributed by atoms with Crippen LogP contribution in [0.25, 0.3) is 0 Å². The molecule has 0 fully saturated rings. The van der Waals surface area contributed by atoms with Crippen LogP contribution < -0.4 is 4.74 Å². The van der Waals surface area contributed by atoms with Crippen LogP contribution in [-0.2, 0) is 9.84 Å². The number of methoxy groups -OCH3 is 1. The molecule has 1 rings (SSSR count). The van der Waals surface area contributed by atoms with Crippen molar-refractivity contribution in [2.24, 2.45) is 0 Å². The molecular formula is C9H13NO3S. The van der Waals surface area contributed by atoms with Gasteiger partial charge in [0.1, 0.15) is 5.75 Å². The molecule has 0 bridgehead atoms. The minimum atomic E-state index is -3.27. The molecule has 1 aromatic heterocycles. The quantitative estimate of drug-likeness (QED) is 0.741. The Morgan fingerprint density at radius 2 is 1.93 bits per heavy atom. The Balaban J connectivity index is 3.52. The lowest BCUT2D eigenvalue weighted by molar-refractivity contribution is 0.405. The molecule has 0 aliphatic rings. The van der Waals surface area contributed by atoms with Crippen LogP contribution in [0.15, 0.2) is 11.2 Å². The molecule has 0 atom stereocenters. The largest absolute Gasteiger partial charge is 0.496 e. The number of ether oxygens (including phenoxy) is 1. The summed E-state index contributed by atoms with van der Waals surface area (Å²) >= 11 is 0. The zero-order valence-corrected chi connectivity index (χ0v) is 9.47. The molecule has 0 saturated carbocycles. The summed E-state index contributed by atoms with van der Waals surface area (Å²) in [4.78, 5) is 3.89. The van der Waals surface area contributed by atoms with Gasteiger partial charge in [0.2, 0.25) is 0 Å². The fourth-order valence-electron chi connectivity index (χ4n) is 1.39. The SMILES string of the molecule is COc1c(C)cnc(S(C)(=O)=O)c1C. The van der Waals surface area contributed by atoms with Crippen molar-refractivity contribution in [3.05, 3.63) is 17.3 Å². The second-order valence-corrected chi connectivity index (χ2v) is 5.11. The molecule has 1 heterocycles. The fourth-order valence-corrected chi connectivity index (χ4v) is 2.28. The summed E-state index contributed by atoms with van der Waals surface area (Å²) in [7, 11) is -1.76. The molecule has 1 aromatic rings. The van der Waals surface area contributed by atoms with Crippen molar-refractivity contribution in [2.75, 3.05) is 13.4 Å². The summed E-state index contributed by atoms with van der Waals surface area (Å²) in [6.07, 6.45) is 2.64. The maximum atomic E-state index is 11.3. The molecule has 0 aliphatic heterocycles. The van der Waals surface area contributed by atoms with Crippen LogP contribution in [0, 0.1) is 13.8 Å². The lowest BCUT2D eigenvalue weighted by atomic mass is 10.2. The van der Waals surface area contributed by atoms with E-state index in [0.29, 0.717) is 11.3 Å². The number of hydrogen-bond donors (Lipinski definition) is 0. The highest BCUT2D eigenvalue weighted by Crippen LogP contribution is 2.26. The van der Waals surface area contributed by atoms with E-state index in [0.717, 1.165) is 11.8 Å². The molecule has 0 saturated heterocycles. The van der Waals surface area contributed by atoms with Gasteiger partial charge in [-0.05, 0) is 13.8 Å². The average Bonchev–Trinajstić information content (AvgIpc) is 2.02. The molecule has 5 heteroatoms. The highest BCUT2D eigenvalue weighted by atomic mass is 32.2. The van der Waals surface area contributed by atoms with Crippen LogP contribution in [0.1, 0.15) is 11.1 Å². The number of aryl methyl sites for hydroxylation is 1. The molecule has 14 heavy (non-hydrogen) atoms. The van der Waals surface area contributed by atoms with Gasteiger partial charge in [0.05, 0.1) is 7.11 Å². The Hall–Kier alpha value is -1.10. The third-order valence-corrected chi connectivity index (χ3v) is 3.06. The van der Waals surface area contributed by atoms with Crippen LogP contribution in [0.2, 0.25) is 0 Å². The van der Waals surface area contributed by atoms with Gasteiger partial charge in [-0.25, -0.2) is 13.4 Å². The summed E-state index contributed by atoms with van der Waals surface area (Å²) in [5.74, 6) is 0.584. The Morgan fingerprint density at radius 3 is 2.36 bits per heavy atom. The lowest BCUT2D eigenvalue weighted by Crippen LogP contribution is -2.05. The second-order valence-electron chi connectivity index (χ2n) is 3.18. The molecule has 4 nitrogen and oxygen atoms in total. The van der Waals surface area contributed by atoms with E-state index < -0.39 is 9.84 Å². The maximum Gasteiger partial charge on any atom is 0.193 e. The molecule has 0 spiro atoms. The Labute approximate surface area is 83.8 Å². The van der Waals surface area contributed by atoms with Crippen LogP contribution in [0.4, 0.5) is 0 Å². The Kier molecular flexibility index (Phi) is 2.80. The van der Waals surface area contributed by atoms with E-state index in [1.54, 1.807) is 6.92 Å². The summed E-state index contributed by atoms with van der Waals surface area (Å²) in [6, 6.07) is 0. The molecule has 0 unspecified atom stereocenters. The van der Waals surface area contributed by atoms with Gasteiger partial charge in [0, 0.05) is 23.6 Å². The fraction of sp³-hybridized carbons (Fsp3) is 0.444. The van der Waals surface area contributed by atoms with E-state index in [4.69, 9.17) is 4.74 Å². The van der Waals surface area contributed by atoms with Crippen molar-refractivity contribution < 1.29 is 13.2 Å². The second kappa shape index (κ2) is 3.57.